The molecule has 0 spiro atoms. The van der Waals surface area contributed by atoms with Crippen molar-refractivity contribution in [1.29, 1.82) is 5.26 Å². The molecule has 1 aliphatic heterocycles. The van der Waals surface area contributed by atoms with E-state index in [9.17, 15) is 10.4 Å². The molecule has 2 aromatic rings. The van der Waals surface area contributed by atoms with E-state index in [1.54, 1.807) is 35.8 Å². The zero-order valence-electron chi connectivity index (χ0n) is 13.0. The van der Waals surface area contributed by atoms with Crippen LogP contribution in [0.25, 0.3) is 0 Å². The highest BCUT2D eigenvalue weighted by Crippen LogP contribution is 2.38. The predicted molar refractivity (Wildman–Crippen MR) is 91.0 cm³/mol. The quantitative estimate of drug-likeness (QED) is 0.880. The van der Waals surface area contributed by atoms with Crippen molar-refractivity contribution in [2.45, 2.75) is 13.0 Å². The number of ether oxygens (including phenoxy) is 1. The molecule has 3 rings (SSSR count). The number of nitriles is 1. The summed E-state index contributed by atoms with van der Waals surface area (Å²) < 4.78 is 5.09. The molecule has 0 fully saturated rings. The van der Waals surface area contributed by atoms with Crippen LogP contribution >= 0.6 is 11.3 Å². The zero-order chi connectivity index (χ0) is 16.4. The lowest BCUT2D eigenvalue weighted by atomic mass is 10.0. The van der Waals surface area contributed by atoms with Gasteiger partial charge in [-0.1, -0.05) is 6.07 Å². The van der Waals surface area contributed by atoms with Crippen LogP contribution in [0.1, 0.15) is 21.6 Å². The van der Waals surface area contributed by atoms with Crippen LogP contribution in [0.5, 0.6) is 11.5 Å². The number of hydrogen-bond donors (Lipinski definition) is 1. The van der Waals surface area contributed by atoms with E-state index in [0.717, 1.165) is 25.1 Å². The molecule has 23 heavy (non-hydrogen) atoms. The molecule has 1 N–H and O–H groups in total. The molecule has 0 aliphatic carbocycles. The van der Waals surface area contributed by atoms with Gasteiger partial charge in [0, 0.05) is 29.7 Å². The maximum absolute atomic E-state index is 10.1. The number of fused-ring (bicyclic) bond motifs is 1. The second kappa shape index (κ2) is 6.41. The predicted octanol–water partition coefficient (Wildman–Crippen LogP) is 3.07. The molecule has 0 atom stereocenters. The average Bonchev–Trinajstić information content (AvgIpc) is 2.90. The standard InChI is InChI=1S/C17H17N3O2S/c1-20-7-6-12-13(8-18)17(23-15(12)10-20)19-9-11-4-3-5-14(22-2)16(11)21/h3-5,9,21H,6-7,10H2,1-2H3/b19-9+. The van der Waals surface area contributed by atoms with Crippen LogP contribution in [-0.2, 0) is 13.0 Å². The first-order chi connectivity index (χ1) is 11.1. The maximum Gasteiger partial charge on any atom is 0.166 e. The third kappa shape index (κ3) is 2.93. The summed E-state index contributed by atoms with van der Waals surface area (Å²) in [5.74, 6) is 0.458. The van der Waals surface area contributed by atoms with Gasteiger partial charge in [0.2, 0.25) is 0 Å². The monoisotopic (exact) mass is 327 g/mol. The van der Waals surface area contributed by atoms with Crippen molar-refractivity contribution >= 4 is 22.6 Å². The summed E-state index contributed by atoms with van der Waals surface area (Å²) in [7, 11) is 3.58. The Bertz CT molecular complexity index is 805. The van der Waals surface area contributed by atoms with E-state index in [0.29, 0.717) is 21.9 Å². The fourth-order valence-electron chi connectivity index (χ4n) is 2.66. The number of aliphatic imine (C=N–C) groups is 1. The van der Waals surface area contributed by atoms with E-state index in [1.165, 1.54) is 12.0 Å². The summed E-state index contributed by atoms with van der Waals surface area (Å²) >= 11 is 1.55. The molecular weight excluding hydrogens is 310 g/mol. The molecule has 1 aromatic heterocycles. The van der Waals surface area contributed by atoms with Gasteiger partial charge in [-0.25, -0.2) is 4.99 Å². The highest BCUT2D eigenvalue weighted by molar-refractivity contribution is 7.16. The lowest BCUT2D eigenvalue weighted by Crippen LogP contribution is -2.25. The smallest absolute Gasteiger partial charge is 0.166 e. The number of rotatable bonds is 3. The first kappa shape index (κ1) is 15.5. The van der Waals surface area contributed by atoms with Gasteiger partial charge in [-0.15, -0.1) is 11.3 Å². The zero-order valence-corrected chi connectivity index (χ0v) is 13.9. The van der Waals surface area contributed by atoms with Crippen LogP contribution < -0.4 is 4.74 Å². The highest BCUT2D eigenvalue weighted by Gasteiger charge is 2.22. The number of para-hydroxylation sites is 1. The summed E-state index contributed by atoms with van der Waals surface area (Å²) in [5.41, 5.74) is 2.35. The molecule has 0 bridgehead atoms. The molecule has 0 amide bonds. The van der Waals surface area contributed by atoms with E-state index in [-0.39, 0.29) is 5.75 Å². The third-order valence-corrected chi connectivity index (χ3v) is 5.04. The number of aromatic hydroxyl groups is 1. The average molecular weight is 327 g/mol. The van der Waals surface area contributed by atoms with Crippen LogP contribution in [0.15, 0.2) is 23.2 Å². The van der Waals surface area contributed by atoms with Gasteiger partial charge < -0.3 is 14.7 Å². The summed E-state index contributed by atoms with van der Waals surface area (Å²) in [6.45, 7) is 1.81. The number of nitrogens with zero attached hydrogens (tertiary/aromatic N) is 3. The van der Waals surface area contributed by atoms with Crippen molar-refractivity contribution in [3.8, 4) is 17.6 Å². The van der Waals surface area contributed by atoms with Crippen molar-refractivity contribution in [2.75, 3.05) is 20.7 Å². The minimum absolute atomic E-state index is 0.0540. The van der Waals surface area contributed by atoms with E-state index in [4.69, 9.17) is 4.74 Å². The Morgan fingerprint density at radius 3 is 3.04 bits per heavy atom. The number of methoxy groups -OCH3 is 1. The Balaban J connectivity index is 1.96. The molecular formula is C17H17N3O2S. The first-order valence-corrected chi connectivity index (χ1v) is 8.09. The summed E-state index contributed by atoms with van der Waals surface area (Å²) in [6.07, 6.45) is 2.46. The second-order valence-corrected chi connectivity index (χ2v) is 6.52. The summed E-state index contributed by atoms with van der Waals surface area (Å²) in [6, 6.07) is 7.52. The maximum atomic E-state index is 10.1. The Hall–Kier alpha value is -2.36. The number of likely N-dealkylation sites (N-methyl/N-ethyl adjacent to an activating group) is 1. The van der Waals surface area contributed by atoms with Gasteiger partial charge in [-0.05, 0) is 31.2 Å². The summed E-state index contributed by atoms with van der Waals surface area (Å²) in [4.78, 5) is 7.89. The fraction of sp³-hybridized carbons (Fsp3) is 0.294. The molecule has 118 valence electrons. The summed E-state index contributed by atoms with van der Waals surface area (Å²) in [5, 5.41) is 20.3. The Morgan fingerprint density at radius 1 is 1.48 bits per heavy atom. The lowest BCUT2D eigenvalue weighted by molar-refractivity contribution is 0.317. The molecule has 0 saturated heterocycles. The van der Waals surface area contributed by atoms with Crippen LogP contribution in [0.3, 0.4) is 0 Å². The van der Waals surface area contributed by atoms with Gasteiger partial charge in [-0.3, -0.25) is 0 Å². The van der Waals surface area contributed by atoms with E-state index < -0.39 is 0 Å². The molecule has 0 unspecified atom stereocenters. The number of phenolic OH excluding ortho intramolecular Hbond substituents is 1. The Morgan fingerprint density at radius 2 is 2.30 bits per heavy atom. The van der Waals surface area contributed by atoms with E-state index >= 15 is 0 Å². The SMILES string of the molecule is COc1cccc(/C=N/c2sc3c(c2C#N)CCN(C)C3)c1O. The first-order valence-electron chi connectivity index (χ1n) is 7.27. The van der Waals surface area contributed by atoms with Crippen LogP contribution in [-0.4, -0.2) is 36.9 Å². The van der Waals surface area contributed by atoms with Gasteiger partial charge in [0.1, 0.15) is 11.1 Å². The molecule has 0 saturated carbocycles. The number of thiophene rings is 1. The molecule has 1 aromatic carbocycles. The normalized spacial score (nSPS) is 14.7. The molecule has 1 aliphatic rings. The Labute approximate surface area is 139 Å². The van der Waals surface area contributed by atoms with Crippen molar-refractivity contribution in [2.24, 2.45) is 4.99 Å². The van der Waals surface area contributed by atoms with Gasteiger partial charge in [0.15, 0.2) is 11.5 Å². The lowest BCUT2D eigenvalue weighted by Gasteiger charge is -2.21. The number of benzene rings is 1. The highest BCUT2D eigenvalue weighted by atomic mass is 32.1. The molecule has 6 heteroatoms. The fourth-order valence-corrected chi connectivity index (χ4v) is 3.88. The number of hydrogen-bond acceptors (Lipinski definition) is 6. The minimum atomic E-state index is 0.0540. The Kier molecular flexibility index (Phi) is 4.33. The van der Waals surface area contributed by atoms with E-state index in [2.05, 4.69) is 23.0 Å². The molecule has 5 nitrogen and oxygen atoms in total. The van der Waals surface area contributed by atoms with Crippen LogP contribution in [0, 0.1) is 11.3 Å². The van der Waals surface area contributed by atoms with E-state index in [1.807, 2.05) is 0 Å². The second-order valence-electron chi connectivity index (χ2n) is 5.44. The van der Waals surface area contributed by atoms with Crippen molar-refractivity contribution in [3.05, 3.63) is 39.8 Å². The molecule has 2 heterocycles. The third-order valence-electron chi connectivity index (χ3n) is 3.91. The van der Waals surface area contributed by atoms with Crippen LogP contribution in [0.4, 0.5) is 5.00 Å². The van der Waals surface area contributed by atoms with Gasteiger partial charge in [0.25, 0.3) is 0 Å². The number of phenols is 1. The van der Waals surface area contributed by atoms with Gasteiger partial charge >= 0.3 is 0 Å². The van der Waals surface area contributed by atoms with Gasteiger partial charge in [0.05, 0.1) is 12.7 Å². The molecule has 0 radical (unpaired) electrons. The topological polar surface area (TPSA) is 68.8 Å². The van der Waals surface area contributed by atoms with Crippen molar-refractivity contribution in [1.82, 2.24) is 4.90 Å². The van der Waals surface area contributed by atoms with Crippen LogP contribution in [0.2, 0.25) is 0 Å². The minimum Gasteiger partial charge on any atom is -0.504 e. The van der Waals surface area contributed by atoms with Crippen molar-refractivity contribution in [3.63, 3.8) is 0 Å². The van der Waals surface area contributed by atoms with Crippen molar-refractivity contribution < 1.29 is 9.84 Å². The largest absolute Gasteiger partial charge is 0.504 e. The van der Waals surface area contributed by atoms with Gasteiger partial charge in [-0.2, -0.15) is 5.26 Å².